The van der Waals surface area contributed by atoms with Crippen molar-refractivity contribution in [2.45, 2.75) is 24.2 Å². The molecule has 6 nitrogen and oxygen atoms in total. The molecule has 0 aromatic rings. The maximum atomic E-state index is 12.7. The molecule has 0 aliphatic heterocycles. The van der Waals surface area contributed by atoms with E-state index in [1.165, 1.54) is 0 Å². The van der Waals surface area contributed by atoms with Crippen molar-refractivity contribution in [3.63, 3.8) is 0 Å². The third-order valence-corrected chi connectivity index (χ3v) is 1.58. The summed E-state index contributed by atoms with van der Waals surface area (Å²) in [5.41, 5.74) is 0. The molecule has 0 saturated heterocycles. The van der Waals surface area contributed by atoms with Crippen LogP contribution in [0.1, 0.15) is 0 Å². The van der Waals surface area contributed by atoms with Gasteiger partial charge in [0.05, 0.1) is 6.61 Å². The Bertz CT molecular complexity index is 152. The van der Waals surface area contributed by atoms with Crippen molar-refractivity contribution in [1.29, 1.82) is 0 Å². The lowest BCUT2D eigenvalue weighted by molar-refractivity contribution is -0.231. The Morgan fingerprint density at radius 3 is 1.92 bits per heavy atom. The molecule has 0 unspecified atom stereocenters. The minimum Gasteiger partial charge on any atom is -0.394 e. The molecule has 0 aromatic heterocycles. The van der Waals surface area contributed by atoms with Crippen LogP contribution in [0.4, 0.5) is 4.39 Å². The Morgan fingerprint density at radius 2 is 1.62 bits per heavy atom. The van der Waals surface area contributed by atoms with Gasteiger partial charge in [0.15, 0.2) is 0 Å². The number of aliphatic hydroxyl groups excluding tert-OH is 5. The fourth-order valence-electron chi connectivity index (χ4n) is 0.674. The monoisotopic (exact) mass is 200 g/mol. The van der Waals surface area contributed by atoms with Gasteiger partial charge in [-0.05, 0) is 0 Å². The fourth-order valence-corrected chi connectivity index (χ4v) is 0.674. The highest BCUT2D eigenvalue weighted by Crippen LogP contribution is 2.16. The van der Waals surface area contributed by atoms with Crippen molar-refractivity contribution < 1.29 is 35.0 Å². The third kappa shape index (κ3) is 3.14. The lowest BCUT2D eigenvalue weighted by Crippen LogP contribution is -2.53. The molecule has 7 heteroatoms. The second-order valence-electron chi connectivity index (χ2n) is 2.66. The van der Waals surface area contributed by atoms with Crippen LogP contribution >= 0.6 is 0 Å². The zero-order valence-electron chi connectivity index (χ0n) is 6.71. The minimum absolute atomic E-state index is 0.903. The van der Waals surface area contributed by atoms with Crippen molar-refractivity contribution in [2.75, 3.05) is 13.2 Å². The molecule has 0 aliphatic rings. The zero-order valence-corrected chi connectivity index (χ0v) is 6.71. The SMILES string of the molecule is OC[C@H](O)[C@@H](O)[C@@H](O)[C@](O)(F)CO. The first-order valence-corrected chi connectivity index (χ1v) is 3.54. The molecule has 0 rings (SSSR count). The van der Waals surface area contributed by atoms with Crippen LogP contribution in [0.5, 0.6) is 0 Å². The smallest absolute Gasteiger partial charge is 0.258 e. The number of rotatable bonds is 5. The molecular formula is C6H13FO6. The molecule has 0 fully saturated rings. The van der Waals surface area contributed by atoms with E-state index >= 15 is 0 Å². The van der Waals surface area contributed by atoms with E-state index in [9.17, 15) is 4.39 Å². The van der Waals surface area contributed by atoms with Gasteiger partial charge in [0, 0.05) is 0 Å². The quantitative estimate of drug-likeness (QED) is 0.276. The molecule has 0 heterocycles. The molecule has 0 saturated carbocycles. The Kier molecular flexibility index (Phi) is 4.68. The van der Waals surface area contributed by atoms with E-state index in [0.717, 1.165) is 0 Å². The summed E-state index contributed by atoms with van der Waals surface area (Å²) in [6.45, 7) is -2.33. The molecule has 0 spiro atoms. The summed E-state index contributed by atoms with van der Waals surface area (Å²) in [6.07, 6.45) is -6.25. The summed E-state index contributed by atoms with van der Waals surface area (Å²) in [5.74, 6) is -3.41. The Hall–Kier alpha value is -0.310. The molecule has 0 amide bonds. The molecule has 0 aliphatic carbocycles. The van der Waals surface area contributed by atoms with E-state index in [4.69, 9.17) is 30.6 Å². The van der Waals surface area contributed by atoms with E-state index in [2.05, 4.69) is 0 Å². The predicted octanol–water partition coefficient (Wildman–Crippen LogP) is -3.29. The normalized spacial score (nSPS) is 23.3. The number of halogens is 1. The number of alkyl halides is 1. The second-order valence-corrected chi connectivity index (χ2v) is 2.66. The van der Waals surface area contributed by atoms with Gasteiger partial charge < -0.3 is 30.6 Å². The molecule has 13 heavy (non-hydrogen) atoms. The Labute approximate surface area is 73.5 Å². The standard InChI is InChI=1S/C6H13FO6/c7-6(13,2-9)5(12)4(11)3(10)1-8/h3-5,8-13H,1-2H2/t3-,4+,5+,6-/m0/s1. The number of aliphatic hydroxyl groups is 6. The third-order valence-electron chi connectivity index (χ3n) is 1.58. The predicted molar refractivity (Wildman–Crippen MR) is 38.2 cm³/mol. The van der Waals surface area contributed by atoms with Crippen LogP contribution in [-0.2, 0) is 0 Å². The summed E-state index contributed by atoms with van der Waals surface area (Å²) in [7, 11) is 0. The minimum atomic E-state index is -3.41. The Morgan fingerprint density at radius 1 is 1.15 bits per heavy atom. The molecule has 0 bridgehead atoms. The van der Waals surface area contributed by atoms with Gasteiger partial charge in [-0.1, -0.05) is 0 Å². The highest BCUT2D eigenvalue weighted by molar-refractivity contribution is 4.85. The molecule has 0 aromatic carbocycles. The van der Waals surface area contributed by atoms with Gasteiger partial charge in [0.25, 0.3) is 5.85 Å². The van der Waals surface area contributed by atoms with Crippen LogP contribution in [-0.4, -0.2) is 68.0 Å². The van der Waals surface area contributed by atoms with Gasteiger partial charge in [0.1, 0.15) is 24.9 Å². The van der Waals surface area contributed by atoms with Gasteiger partial charge in [-0.3, -0.25) is 0 Å². The van der Waals surface area contributed by atoms with Crippen LogP contribution in [0.3, 0.4) is 0 Å². The summed E-state index contributed by atoms with van der Waals surface area (Å²) >= 11 is 0. The summed E-state index contributed by atoms with van der Waals surface area (Å²) in [5, 5.41) is 51.6. The van der Waals surface area contributed by atoms with Crippen molar-refractivity contribution in [1.82, 2.24) is 0 Å². The van der Waals surface area contributed by atoms with E-state index in [0.29, 0.717) is 0 Å². The maximum absolute atomic E-state index is 12.7. The largest absolute Gasteiger partial charge is 0.394 e. The topological polar surface area (TPSA) is 121 Å². The van der Waals surface area contributed by atoms with Crippen LogP contribution in [0.15, 0.2) is 0 Å². The second kappa shape index (κ2) is 4.80. The summed E-state index contributed by atoms with van der Waals surface area (Å²) in [4.78, 5) is 0. The average molecular weight is 200 g/mol. The van der Waals surface area contributed by atoms with Gasteiger partial charge in [0.2, 0.25) is 0 Å². The highest BCUT2D eigenvalue weighted by atomic mass is 19.2. The zero-order chi connectivity index (χ0) is 10.6. The fraction of sp³-hybridized carbons (Fsp3) is 1.00. The van der Waals surface area contributed by atoms with E-state index < -0.39 is 37.4 Å². The molecule has 80 valence electrons. The first kappa shape index (κ1) is 12.7. The van der Waals surface area contributed by atoms with Crippen LogP contribution in [0.2, 0.25) is 0 Å². The summed E-state index contributed by atoms with van der Waals surface area (Å²) in [6, 6.07) is 0. The van der Waals surface area contributed by atoms with Crippen LogP contribution < -0.4 is 0 Å². The van der Waals surface area contributed by atoms with E-state index in [1.54, 1.807) is 0 Å². The lowest BCUT2D eigenvalue weighted by Gasteiger charge is -2.28. The molecule has 6 N–H and O–H groups in total. The number of hydrogen-bond acceptors (Lipinski definition) is 6. The van der Waals surface area contributed by atoms with E-state index in [-0.39, 0.29) is 0 Å². The van der Waals surface area contributed by atoms with Gasteiger partial charge in [-0.2, -0.15) is 0 Å². The first-order chi connectivity index (χ1) is 5.86. The Balaban J connectivity index is 4.32. The number of hydrogen-bond donors (Lipinski definition) is 6. The van der Waals surface area contributed by atoms with E-state index in [1.807, 2.05) is 0 Å². The van der Waals surface area contributed by atoms with Gasteiger partial charge >= 0.3 is 0 Å². The van der Waals surface area contributed by atoms with Crippen molar-refractivity contribution in [3.05, 3.63) is 0 Å². The molecule has 0 radical (unpaired) electrons. The molecular weight excluding hydrogens is 187 g/mol. The maximum Gasteiger partial charge on any atom is 0.258 e. The molecule has 4 atom stereocenters. The van der Waals surface area contributed by atoms with Gasteiger partial charge in [-0.15, -0.1) is 0 Å². The first-order valence-electron chi connectivity index (χ1n) is 3.54. The highest BCUT2D eigenvalue weighted by Gasteiger charge is 2.42. The van der Waals surface area contributed by atoms with Crippen LogP contribution in [0, 0.1) is 0 Å². The van der Waals surface area contributed by atoms with Crippen molar-refractivity contribution >= 4 is 0 Å². The van der Waals surface area contributed by atoms with Crippen molar-refractivity contribution in [2.24, 2.45) is 0 Å². The van der Waals surface area contributed by atoms with Crippen molar-refractivity contribution in [3.8, 4) is 0 Å². The van der Waals surface area contributed by atoms with Gasteiger partial charge in [-0.25, -0.2) is 4.39 Å². The average Bonchev–Trinajstić information content (AvgIpc) is 2.14. The summed E-state index contributed by atoms with van der Waals surface area (Å²) < 4.78 is 12.7. The lowest BCUT2D eigenvalue weighted by atomic mass is 10.0. The van der Waals surface area contributed by atoms with Crippen LogP contribution in [0.25, 0.3) is 0 Å².